The van der Waals surface area contributed by atoms with E-state index < -0.39 is 30.3 Å². The number of primary amides is 1. The molecule has 0 aromatic heterocycles. The van der Waals surface area contributed by atoms with Crippen LogP contribution in [0.3, 0.4) is 0 Å². The van der Waals surface area contributed by atoms with Crippen molar-refractivity contribution in [2.45, 2.75) is 39.1 Å². The van der Waals surface area contributed by atoms with E-state index in [1.165, 1.54) is 24.3 Å². The van der Waals surface area contributed by atoms with E-state index in [9.17, 15) is 22.8 Å². The third-order valence-electron chi connectivity index (χ3n) is 2.61. The number of benzene rings is 1. The van der Waals surface area contributed by atoms with Gasteiger partial charge in [-0.05, 0) is 38.5 Å². The molecule has 2 amide bonds. The van der Waals surface area contributed by atoms with E-state index in [4.69, 9.17) is 10.5 Å². The molecule has 0 aliphatic rings. The third-order valence-corrected chi connectivity index (χ3v) is 2.61. The minimum absolute atomic E-state index is 0.152. The second kappa shape index (κ2) is 6.89. The van der Waals surface area contributed by atoms with Gasteiger partial charge in [-0.25, -0.2) is 4.79 Å². The fourth-order valence-corrected chi connectivity index (χ4v) is 1.77. The van der Waals surface area contributed by atoms with Crippen LogP contribution in [0.15, 0.2) is 24.3 Å². The normalized spacial score (nSPS) is 11.9. The van der Waals surface area contributed by atoms with Crippen LogP contribution in [0, 0.1) is 0 Å². The van der Waals surface area contributed by atoms with Crippen LogP contribution in [-0.4, -0.2) is 35.2 Å². The molecule has 0 atom stereocenters. The van der Waals surface area contributed by atoms with Gasteiger partial charge in [0, 0.05) is 12.1 Å². The van der Waals surface area contributed by atoms with Gasteiger partial charge in [0.15, 0.2) is 0 Å². The molecule has 1 rings (SSSR count). The lowest BCUT2D eigenvalue weighted by Gasteiger charge is -2.28. The van der Waals surface area contributed by atoms with Gasteiger partial charge in [-0.2, -0.15) is 13.2 Å². The maximum absolute atomic E-state index is 12.7. The maximum Gasteiger partial charge on any atom is 0.410 e. The van der Waals surface area contributed by atoms with Gasteiger partial charge in [0.25, 0.3) is 0 Å². The highest BCUT2D eigenvalue weighted by molar-refractivity contribution is 5.92. The zero-order valence-electron chi connectivity index (χ0n) is 13.1. The summed E-state index contributed by atoms with van der Waals surface area (Å²) in [6, 6.07) is 5.76. The van der Waals surface area contributed by atoms with Gasteiger partial charge in [-0.3, -0.25) is 9.69 Å². The maximum atomic E-state index is 12.7. The largest absolute Gasteiger partial charge is 0.444 e. The Bertz CT molecular complexity index is 580. The Balaban J connectivity index is 2.99. The number of ether oxygens (including phenoxy) is 1. The first-order valence-corrected chi connectivity index (χ1v) is 6.81. The monoisotopic (exact) mass is 332 g/mol. The van der Waals surface area contributed by atoms with Crippen LogP contribution in [0.1, 0.15) is 36.7 Å². The molecule has 23 heavy (non-hydrogen) atoms. The summed E-state index contributed by atoms with van der Waals surface area (Å²) in [6.07, 6.45) is -5.66. The Morgan fingerprint density at radius 2 is 1.83 bits per heavy atom. The summed E-state index contributed by atoms with van der Waals surface area (Å²) < 4.78 is 43.0. The lowest BCUT2D eigenvalue weighted by atomic mass is 10.1. The van der Waals surface area contributed by atoms with Crippen molar-refractivity contribution in [2.24, 2.45) is 5.73 Å². The summed E-state index contributed by atoms with van der Waals surface area (Å²) >= 11 is 0. The Labute approximate surface area is 132 Å². The average Bonchev–Trinajstić information content (AvgIpc) is 2.34. The first-order chi connectivity index (χ1) is 10.4. The number of nitrogens with two attached hydrogens (primary N) is 1. The number of rotatable bonds is 4. The number of nitrogens with zero attached hydrogens (tertiary/aromatic N) is 1. The van der Waals surface area contributed by atoms with Crippen molar-refractivity contribution in [3.63, 3.8) is 0 Å². The SMILES string of the molecule is CC(C)(C)OC(=O)N(Cc1cccc(C(N)=O)c1)CC(F)(F)F. The highest BCUT2D eigenvalue weighted by atomic mass is 19.4. The topological polar surface area (TPSA) is 72.6 Å². The van der Waals surface area contributed by atoms with E-state index >= 15 is 0 Å². The predicted octanol–water partition coefficient (Wildman–Crippen LogP) is 3.08. The van der Waals surface area contributed by atoms with Crippen molar-refractivity contribution >= 4 is 12.0 Å². The highest BCUT2D eigenvalue weighted by Crippen LogP contribution is 2.21. The van der Waals surface area contributed by atoms with E-state index in [-0.39, 0.29) is 12.1 Å². The number of halogens is 3. The summed E-state index contributed by atoms with van der Waals surface area (Å²) in [7, 11) is 0. The first kappa shape index (κ1) is 18.8. The molecule has 8 heteroatoms. The molecule has 128 valence electrons. The minimum atomic E-state index is -4.57. The Kier molecular flexibility index (Phi) is 5.63. The Morgan fingerprint density at radius 1 is 1.22 bits per heavy atom. The molecule has 0 heterocycles. The zero-order chi connectivity index (χ0) is 17.8. The molecule has 0 aliphatic carbocycles. The van der Waals surface area contributed by atoms with E-state index in [0.29, 0.717) is 10.5 Å². The van der Waals surface area contributed by atoms with Gasteiger partial charge in [0.2, 0.25) is 5.91 Å². The van der Waals surface area contributed by atoms with E-state index in [2.05, 4.69) is 0 Å². The van der Waals surface area contributed by atoms with Gasteiger partial charge in [0.1, 0.15) is 12.1 Å². The number of carbonyl (C=O) groups excluding carboxylic acids is 2. The van der Waals surface area contributed by atoms with Crippen molar-refractivity contribution in [1.29, 1.82) is 0 Å². The summed E-state index contributed by atoms with van der Waals surface area (Å²) in [5.74, 6) is -0.702. The van der Waals surface area contributed by atoms with Crippen molar-refractivity contribution in [1.82, 2.24) is 4.90 Å². The van der Waals surface area contributed by atoms with E-state index in [1.54, 1.807) is 20.8 Å². The molecule has 1 aromatic carbocycles. The fourth-order valence-electron chi connectivity index (χ4n) is 1.77. The van der Waals surface area contributed by atoms with Crippen LogP contribution in [-0.2, 0) is 11.3 Å². The lowest BCUT2D eigenvalue weighted by Crippen LogP contribution is -2.41. The van der Waals surface area contributed by atoms with Crippen LogP contribution in [0.5, 0.6) is 0 Å². The fraction of sp³-hybridized carbons (Fsp3) is 0.467. The lowest BCUT2D eigenvalue weighted by molar-refractivity contribution is -0.145. The second-order valence-electron chi connectivity index (χ2n) is 6.02. The average molecular weight is 332 g/mol. The molecule has 0 bridgehead atoms. The minimum Gasteiger partial charge on any atom is -0.444 e. The van der Waals surface area contributed by atoms with Gasteiger partial charge in [-0.1, -0.05) is 12.1 Å². The molecule has 0 aliphatic heterocycles. The number of amides is 2. The van der Waals surface area contributed by atoms with Crippen LogP contribution in [0.4, 0.5) is 18.0 Å². The molecular weight excluding hydrogens is 313 g/mol. The summed E-state index contributed by atoms with van der Waals surface area (Å²) in [4.78, 5) is 23.6. The molecule has 0 fully saturated rings. The van der Waals surface area contributed by atoms with Gasteiger partial charge >= 0.3 is 12.3 Å². The van der Waals surface area contributed by atoms with Crippen LogP contribution in [0.2, 0.25) is 0 Å². The predicted molar refractivity (Wildman–Crippen MR) is 77.7 cm³/mol. The van der Waals surface area contributed by atoms with Gasteiger partial charge in [-0.15, -0.1) is 0 Å². The number of hydrogen-bond donors (Lipinski definition) is 1. The summed E-state index contributed by atoms with van der Waals surface area (Å²) in [5, 5.41) is 0. The van der Waals surface area contributed by atoms with Crippen LogP contribution >= 0.6 is 0 Å². The Morgan fingerprint density at radius 3 is 2.30 bits per heavy atom. The number of hydrogen-bond acceptors (Lipinski definition) is 3. The second-order valence-corrected chi connectivity index (χ2v) is 6.02. The third kappa shape index (κ3) is 7.03. The van der Waals surface area contributed by atoms with Crippen molar-refractivity contribution in [3.8, 4) is 0 Å². The molecule has 5 nitrogen and oxygen atoms in total. The van der Waals surface area contributed by atoms with Gasteiger partial charge < -0.3 is 10.5 Å². The molecule has 0 unspecified atom stereocenters. The molecule has 2 N–H and O–H groups in total. The zero-order valence-corrected chi connectivity index (χ0v) is 13.1. The summed E-state index contributed by atoms with van der Waals surface area (Å²) in [6.45, 7) is 2.87. The number of alkyl halides is 3. The number of carbonyl (C=O) groups is 2. The molecule has 0 saturated carbocycles. The molecule has 1 aromatic rings. The molecule has 0 spiro atoms. The molecule has 0 radical (unpaired) electrons. The first-order valence-electron chi connectivity index (χ1n) is 6.81. The van der Waals surface area contributed by atoms with Crippen molar-refractivity contribution in [2.75, 3.05) is 6.54 Å². The highest BCUT2D eigenvalue weighted by Gasteiger charge is 2.35. The van der Waals surface area contributed by atoms with Gasteiger partial charge in [0.05, 0.1) is 0 Å². The Hall–Kier alpha value is -2.25. The quantitative estimate of drug-likeness (QED) is 0.921. The van der Waals surface area contributed by atoms with Crippen molar-refractivity contribution < 1.29 is 27.5 Å². The van der Waals surface area contributed by atoms with E-state index in [1.807, 2.05) is 0 Å². The smallest absolute Gasteiger partial charge is 0.410 e. The molecular formula is C15H19F3N2O3. The van der Waals surface area contributed by atoms with Crippen molar-refractivity contribution in [3.05, 3.63) is 35.4 Å². The van der Waals surface area contributed by atoms with E-state index in [0.717, 1.165) is 0 Å². The van der Waals surface area contributed by atoms with Crippen LogP contribution in [0.25, 0.3) is 0 Å². The van der Waals surface area contributed by atoms with Crippen LogP contribution < -0.4 is 5.73 Å². The molecule has 0 saturated heterocycles. The standard InChI is InChI=1S/C15H19F3N2O3/c1-14(2,3)23-13(22)20(9-15(16,17)18)8-10-5-4-6-11(7-10)12(19)21/h4-7H,8-9H2,1-3H3,(H2,19,21). The summed E-state index contributed by atoms with van der Waals surface area (Å²) in [5.41, 5.74) is 4.71.